The van der Waals surface area contributed by atoms with Gasteiger partial charge in [0, 0.05) is 31.5 Å². The van der Waals surface area contributed by atoms with Crippen molar-refractivity contribution in [3.05, 3.63) is 71.1 Å². The third-order valence-corrected chi connectivity index (χ3v) is 7.80. The maximum absolute atomic E-state index is 11.8. The molecule has 7 nitrogen and oxygen atoms in total. The van der Waals surface area contributed by atoms with Crippen LogP contribution >= 0.6 is 11.9 Å². The second-order valence-electron chi connectivity index (χ2n) is 9.59. The first-order chi connectivity index (χ1) is 17.2. The molecule has 1 heterocycles. The van der Waals surface area contributed by atoms with Crippen LogP contribution in [0.2, 0.25) is 0 Å². The van der Waals surface area contributed by atoms with Crippen LogP contribution in [0.5, 0.6) is 5.75 Å². The van der Waals surface area contributed by atoms with Crippen LogP contribution in [-0.4, -0.2) is 39.6 Å². The highest BCUT2D eigenvalue weighted by Crippen LogP contribution is 2.37. The van der Waals surface area contributed by atoms with Crippen LogP contribution in [0.15, 0.2) is 59.3 Å². The molecule has 3 atom stereocenters. The van der Waals surface area contributed by atoms with Gasteiger partial charge in [0.2, 0.25) is 0 Å². The number of hydrogen-bond acceptors (Lipinski definition) is 7. The lowest BCUT2D eigenvalue weighted by molar-refractivity contribution is -0.137. The molecule has 0 saturated heterocycles. The van der Waals surface area contributed by atoms with Crippen molar-refractivity contribution in [2.75, 3.05) is 13.1 Å². The number of benzene rings is 2. The van der Waals surface area contributed by atoms with E-state index < -0.39 is 5.97 Å². The molecule has 0 radical (unpaired) electrons. The van der Waals surface area contributed by atoms with Crippen LogP contribution < -0.4 is 16.3 Å². The fourth-order valence-corrected chi connectivity index (χ4v) is 5.45. The summed E-state index contributed by atoms with van der Waals surface area (Å²) in [5.74, 6) is 5.85. The van der Waals surface area contributed by atoms with Crippen molar-refractivity contribution in [2.45, 2.75) is 70.4 Å². The van der Waals surface area contributed by atoms with Crippen LogP contribution in [0, 0.1) is 12.8 Å². The number of para-hydroxylation sites is 1. The van der Waals surface area contributed by atoms with Gasteiger partial charge in [0.25, 0.3) is 0 Å². The van der Waals surface area contributed by atoms with Crippen molar-refractivity contribution in [3.8, 4) is 5.75 Å². The SMILES string of the molecule is CC[C@@H]1CN(Cc2cc(C(CC(=O)O)CC(C)/C(N)=C/N(N)CC)ccc2C)Sc2ccccc2O1. The number of allylic oxidation sites excluding steroid dienone is 1. The Balaban J connectivity index is 1.83. The summed E-state index contributed by atoms with van der Waals surface area (Å²) in [5.41, 5.74) is 10.4. The Morgan fingerprint density at radius 1 is 1.31 bits per heavy atom. The number of aryl methyl sites for hydroxylation is 1. The van der Waals surface area contributed by atoms with E-state index in [1.165, 1.54) is 11.1 Å². The van der Waals surface area contributed by atoms with Crippen molar-refractivity contribution < 1.29 is 14.6 Å². The number of aliphatic carboxylic acids is 1. The van der Waals surface area contributed by atoms with E-state index in [-0.39, 0.29) is 24.4 Å². The third kappa shape index (κ3) is 7.66. The quantitative estimate of drug-likeness (QED) is 0.213. The van der Waals surface area contributed by atoms with E-state index in [9.17, 15) is 9.90 Å². The molecule has 0 aliphatic carbocycles. The second kappa shape index (κ2) is 13.0. The van der Waals surface area contributed by atoms with E-state index in [4.69, 9.17) is 16.3 Å². The number of hydrogen-bond donors (Lipinski definition) is 3. The number of rotatable bonds is 11. The standard InChI is InChI=1S/C28H40N4O3S/c1-5-24-17-32(36-27-10-8-7-9-26(27)35-24)16-23-14-21(12-11-19(23)3)22(15-28(33)34)13-20(4)25(29)18-31(30)6-2/h7-12,14,18,20,22,24H,5-6,13,15-17,29-30H2,1-4H3,(H,33,34)/b25-18-/t20?,22?,24-/m1/s1. The predicted molar refractivity (Wildman–Crippen MR) is 146 cm³/mol. The fourth-order valence-electron chi connectivity index (χ4n) is 4.38. The number of carbonyl (C=O) groups is 1. The molecular formula is C28H40N4O3S. The lowest BCUT2D eigenvalue weighted by Gasteiger charge is -2.25. The molecule has 36 heavy (non-hydrogen) atoms. The van der Waals surface area contributed by atoms with Crippen molar-refractivity contribution in [3.63, 3.8) is 0 Å². The molecule has 1 aliphatic heterocycles. The number of nitrogens with zero attached hydrogens (tertiary/aromatic N) is 2. The first-order valence-corrected chi connectivity index (χ1v) is 13.5. The Labute approximate surface area is 219 Å². The predicted octanol–water partition coefficient (Wildman–Crippen LogP) is 5.26. The first kappa shape index (κ1) is 27.9. The summed E-state index contributed by atoms with van der Waals surface area (Å²) in [7, 11) is 0. The molecule has 8 heteroatoms. The summed E-state index contributed by atoms with van der Waals surface area (Å²) >= 11 is 1.72. The van der Waals surface area contributed by atoms with Crippen molar-refractivity contribution in [2.24, 2.45) is 17.5 Å². The molecule has 1 aliphatic rings. The van der Waals surface area contributed by atoms with Gasteiger partial charge in [-0.15, -0.1) is 0 Å². The lowest BCUT2D eigenvalue weighted by Crippen LogP contribution is -2.29. The molecule has 2 aromatic carbocycles. The van der Waals surface area contributed by atoms with E-state index in [1.807, 2.05) is 32.0 Å². The van der Waals surface area contributed by atoms with Gasteiger partial charge >= 0.3 is 5.97 Å². The van der Waals surface area contributed by atoms with Gasteiger partial charge in [0.1, 0.15) is 11.9 Å². The maximum Gasteiger partial charge on any atom is 0.303 e. The normalized spacial score (nSPS) is 18.0. The largest absolute Gasteiger partial charge is 0.488 e. The maximum atomic E-state index is 11.8. The molecule has 0 fully saturated rings. The van der Waals surface area contributed by atoms with Gasteiger partial charge in [-0.25, -0.2) is 10.1 Å². The lowest BCUT2D eigenvalue weighted by atomic mass is 9.85. The van der Waals surface area contributed by atoms with Gasteiger partial charge < -0.3 is 20.6 Å². The molecule has 2 unspecified atom stereocenters. The van der Waals surface area contributed by atoms with Gasteiger partial charge in [-0.3, -0.25) is 4.79 Å². The fraction of sp³-hybridized carbons (Fsp3) is 0.464. The highest BCUT2D eigenvalue weighted by Gasteiger charge is 2.25. The molecular weight excluding hydrogens is 472 g/mol. The van der Waals surface area contributed by atoms with Crippen molar-refractivity contribution in [1.82, 2.24) is 9.31 Å². The average molecular weight is 513 g/mol. The zero-order valence-electron chi connectivity index (χ0n) is 21.8. The molecule has 0 amide bonds. The minimum atomic E-state index is -0.812. The highest BCUT2D eigenvalue weighted by molar-refractivity contribution is 7.97. The average Bonchev–Trinajstić information content (AvgIpc) is 3.03. The number of carboxylic acid groups (broad SMARTS) is 1. The van der Waals surface area contributed by atoms with E-state index in [0.717, 1.165) is 35.7 Å². The van der Waals surface area contributed by atoms with Crippen LogP contribution in [-0.2, 0) is 11.3 Å². The van der Waals surface area contributed by atoms with Crippen LogP contribution in [0.4, 0.5) is 0 Å². The number of carboxylic acids is 1. The monoisotopic (exact) mass is 512 g/mol. The summed E-state index contributed by atoms with van der Waals surface area (Å²) in [5, 5.41) is 11.2. The Bertz CT molecular complexity index is 1060. The molecule has 2 aromatic rings. The molecule has 0 bridgehead atoms. The Hall–Kier alpha value is -2.68. The topological polar surface area (TPSA) is 105 Å². The van der Waals surface area contributed by atoms with Crippen molar-refractivity contribution >= 4 is 17.9 Å². The van der Waals surface area contributed by atoms with E-state index >= 15 is 0 Å². The number of nitrogens with two attached hydrogens (primary N) is 2. The van der Waals surface area contributed by atoms with Crippen LogP contribution in [0.25, 0.3) is 0 Å². The van der Waals surface area contributed by atoms with Gasteiger partial charge in [-0.05, 0) is 79.3 Å². The molecule has 3 rings (SSSR count). The van der Waals surface area contributed by atoms with E-state index in [1.54, 1.807) is 23.2 Å². The Morgan fingerprint density at radius 2 is 2.06 bits per heavy atom. The molecule has 0 spiro atoms. The minimum Gasteiger partial charge on any atom is -0.488 e. The summed E-state index contributed by atoms with van der Waals surface area (Å²) in [6, 6.07) is 14.5. The summed E-state index contributed by atoms with van der Waals surface area (Å²) in [6.45, 7) is 10.4. The molecule has 0 aromatic heterocycles. The molecule has 5 N–H and O–H groups in total. The smallest absolute Gasteiger partial charge is 0.303 e. The zero-order valence-corrected chi connectivity index (χ0v) is 22.6. The third-order valence-electron chi connectivity index (χ3n) is 6.73. The second-order valence-corrected chi connectivity index (χ2v) is 10.7. The minimum absolute atomic E-state index is 0.00294. The highest BCUT2D eigenvalue weighted by atomic mass is 32.2. The summed E-state index contributed by atoms with van der Waals surface area (Å²) in [4.78, 5) is 12.9. The van der Waals surface area contributed by atoms with Crippen LogP contribution in [0.3, 0.4) is 0 Å². The molecule has 0 saturated carbocycles. The zero-order chi connectivity index (χ0) is 26.2. The van der Waals surface area contributed by atoms with E-state index in [0.29, 0.717) is 18.7 Å². The first-order valence-electron chi connectivity index (χ1n) is 12.7. The van der Waals surface area contributed by atoms with Crippen molar-refractivity contribution in [1.29, 1.82) is 0 Å². The van der Waals surface area contributed by atoms with Gasteiger partial charge in [0.05, 0.1) is 11.3 Å². The van der Waals surface area contributed by atoms with Crippen LogP contribution in [0.1, 0.15) is 62.6 Å². The number of ether oxygens (including phenoxy) is 1. The molecule has 196 valence electrons. The number of hydrazine groups is 1. The summed E-state index contributed by atoms with van der Waals surface area (Å²) in [6.07, 6.45) is 3.47. The number of fused-ring (bicyclic) bond motifs is 1. The van der Waals surface area contributed by atoms with Gasteiger partial charge in [0.15, 0.2) is 0 Å². The summed E-state index contributed by atoms with van der Waals surface area (Å²) < 4.78 is 8.60. The van der Waals surface area contributed by atoms with Gasteiger partial charge in [-0.2, -0.15) is 0 Å². The van der Waals surface area contributed by atoms with Gasteiger partial charge in [-0.1, -0.05) is 44.2 Å². The Morgan fingerprint density at radius 3 is 2.75 bits per heavy atom. The van der Waals surface area contributed by atoms with E-state index in [2.05, 4.69) is 42.4 Å². The Kier molecular flexibility index (Phi) is 10.1.